The van der Waals surface area contributed by atoms with Crippen molar-refractivity contribution in [1.82, 2.24) is 9.34 Å². The zero-order chi connectivity index (χ0) is 8.60. The van der Waals surface area contributed by atoms with Gasteiger partial charge in [0, 0.05) is 0 Å². The van der Waals surface area contributed by atoms with Crippen LogP contribution in [0.25, 0.3) is 0 Å². The van der Waals surface area contributed by atoms with E-state index in [1.165, 1.54) is 0 Å². The first-order chi connectivity index (χ1) is 4.17. The Morgan fingerprint density at radius 2 is 1.00 bits per heavy atom. The quantitative estimate of drug-likeness (QED) is 0.595. The molecular formula is C4H12F3N2P. The van der Waals surface area contributed by atoms with Crippen LogP contribution in [0, 0.1) is 0 Å². The Morgan fingerprint density at radius 1 is 0.800 bits per heavy atom. The second-order valence-corrected chi connectivity index (χ2v) is 5.50. The minimum atomic E-state index is -6.15. The van der Waals surface area contributed by atoms with E-state index in [1.807, 2.05) is 0 Å². The molecule has 0 N–H and O–H groups in total. The average molecular weight is 176 g/mol. The van der Waals surface area contributed by atoms with Crippen LogP contribution in [0.4, 0.5) is 12.6 Å². The molecule has 0 unspecified atom stereocenters. The number of halogens is 3. The van der Waals surface area contributed by atoms with Crippen molar-refractivity contribution in [2.75, 3.05) is 28.2 Å². The second kappa shape index (κ2) is 2.32. The standard InChI is InChI=1S/C4H12F3N2P/c1-8(2)10(5,6,7)9(3)4/h1-4H3. The molecule has 10 heavy (non-hydrogen) atoms. The second-order valence-electron chi connectivity index (χ2n) is 2.43. The van der Waals surface area contributed by atoms with Crippen molar-refractivity contribution >= 4 is 7.84 Å². The summed E-state index contributed by atoms with van der Waals surface area (Å²) < 4.78 is 38.7. The first-order valence-corrected chi connectivity index (χ1v) is 4.51. The van der Waals surface area contributed by atoms with Gasteiger partial charge in [0.25, 0.3) is 0 Å². The monoisotopic (exact) mass is 176 g/mol. The van der Waals surface area contributed by atoms with Gasteiger partial charge >= 0.3 is 58.0 Å². The number of rotatable bonds is 2. The molecule has 0 aromatic heterocycles. The van der Waals surface area contributed by atoms with Crippen molar-refractivity contribution in [2.45, 2.75) is 0 Å². The zero-order valence-electron chi connectivity index (χ0n) is 6.48. The molecule has 0 radical (unpaired) electrons. The summed E-state index contributed by atoms with van der Waals surface area (Å²) in [6.07, 6.45) is 0. The van der Waals surface area contributed by atoms with Crippen LogP contribution in [0.5, 0.6) is 0 Å². The summed E-state index contributed by atoms with van der Waals surface area (Å²) in [6.45, 7) is 0. The van der Waals surface area contributed by atoms with Crippen LogP contribution in [-0.2, 0) is 0 Å². The Kier molecular flexibility index (Phi) is 2.36. The SMILES string of the molecule is CN(C)P(F)(F)(F)N(C)C. The molecule has 0 fully saturated rings. The van der Waals surface area contributed by atoms with Gasteiger partial charge in [-0.1, -0.05) is 0 Å². The molecule has 0 atom stereocenters. The van der Waals surface area contributed by atoms with Crippen LogP contribution in [0.1, 0.15) is 0 Å². The van der Waals surface area contributed by atoms with E-state index in [4.69, 9.17) is 0 Å². The van der Waals surface area contributed by atoms with Crippen LogP contribution >= 0.6 is 7.84 Å². The maximum atomic E-state index is 12.7. The third-order valence-electron chi connectivity index (χ3n) is 1.26. The Labute approximate surface area is 59.0 Å². The number of hydrogen-bond donors (Lipinski definition) is 0. The van der Waals surface area contributed by atoms with Gasteiger partial charge in [-0.15, -0.1) is 0 Å². The van der Waals surface area contributed by atoms with Crippen LogP contribution in [0.3, 0.4) is 0 Å². The Balaban J connectivity index is 4.59. The fraction of sp³-hybridized carbons (Fsp3) is 1.00. The molecule has 0 aromatic carbocycles. The topological polar surface area (TPSA) is 6.48 Å². The molecular weight excluding hydrogens is 164 g/mol. The summed E-state index contributed by atoms with van der Waals surface area (Å²) in [5, 5.41) is 0. The van der Waals surface area contributed by atoms with Crippen molar-refractivity contribution in [3.63, 3.8) is 0 Å². The normalized spacial score (nSPS) is 17.5. The molecule has 0 aromatic rings. The summed E-state index contributed by atoms with van der Waals surface area (Å²) in [5.41, 5.74) is 0. The van der Waals surface area contributed by atoms with Gasteiger partial charge in [-0.2, -0.15) is 0 Å². The van der Waals surface area contributed by atoms with Gasteiger partial charge in [0.1, 0.15) is 0 Å². The van der Waals surface area contributed by atoms with Crippen LogP contribution in [0.2, 0.25) is 0 Å². The molecule has 0 heterocycles. The molecule has 0 rings (SSSR count). The van der Waals surface area contributed by atoms with E-state index >= 15 is 0 Å². The average Bonchev–Trinajstić information content (AvgIpc) is 1.63. The van der Waals surface area contributed by atoms with Crippen LogP contribution < -0.4 is 0 Å². The first-order valence-electron chi connectivity index (χ1n) is 2.70. The predicted octanol–water partition coefficient (Wildman–Crippen LogP) is 2.15. The fourth-order valence-electron chi connectivity index (χ4n) is 0.358. The van der Waals surface area contributed by atoms with Gasteiger partial charge in [-0.05, 0) is 0 Å². The van der Waals surface area contributed by atoms with Crippen molar-refractivity contribution in [3.8, 4) is 0 Å². The molecule has 6 heteroatoms. The predicted molar refractivity (Wildman–Crippen MR) is 37.6 cm³/mol. The van der Waals surface area contributed by atoms with Gasteiger partial charge in [-0.3, -0.25) is 0 Å². The van der Waals surface area contributed by atoms with E-state index in [9.17, 15) is 12.6 Å². The summed E-state index contributed by atoms with van der Waals surface area (Å²) >= 11 is 0. The zero-order valence-corrected chi connectivity index (χ0v) is 7.37. The molecule has 0 aliphatic heterocycles. The molecule has 0 spiro atoms. The number of nitrogens with zero attached hydrogens (tertiary/aromatic N) is 2. The third kappa shape index (κ3) is 1.59. The van der Waals surface area contributed by atoms with Crippen LogP contribution in [-0.4, -0.2) is 37.5 Å². The molecule has 0 aliphatic rings. The van der Waals surface area contributed by atoms with Crippen LogP contribution in [0.15, 0.2) is 0 Å². The number of hydrogen-bond acceptors (Lipinski definition) is 2. The van der Waals surface area contributed by atoms with Crippen molar-refractivity contribution < 1.29 is 12.6 Å². The Morgan fingerprint density at radius 3 is 1.00 bits per heavy atom. The third-order valence-corrected chi connectivity index (χ3v) is 3.79. The molecule has 0 aliphatic carbocycles. The van der Waals surface area contributed by atoms with E-state index in [-0.39, 0.29) is 0 Å². The fourth-order valence-corrected chi connectivity index (χ4v) is 1.07. The van der Waals surface area contributed by atoms with E-state index < -0.39 is 7.84 Å². The van der Waals surface area contributed by atoms with E-state index in [0.29, 0.717) is 9.34 Å². The Bertz CT molecular complexity index is 116. The molecule has 2 nitrogen and oxygen atoms in total. The summed E-state index contributed by atoms with van der Waals surface area (Å²) in [7, 11) is -2.05. The first kappa shape index (κ1) is 10.1. The summed E-state index contributed by atoms with van der Waals surface area (Å²) in [4.78, 5) is 0. The van der Waals surface area contributed by atoms with Gasteiger partial charge in [-0.25, -0.2) is 0 Å². The van der Waals surface area contributed by atoms with Crippen molar-refractivity contribution in [2.24, 2.45) is 0 Å². The van der Waals surface area contributed by atoms with E-state index in [2.05, 4.69) is 0 Å². The van der Waals surface area contributed by atoms with E-state index in [1.54, 1.807) is 0 Å². The summed E-state index contributed by atoms with van der Waals surface area (Å²) in [5.74, 6) is 0. The van der Waals surface area contributed by atoms with Gasteiger partial charge in [0.15, 0.2) is 0 Å². The summed E-state index contributed by atoms with van der Waals surface area (Å²) in [6, 6.07) is 0. The van der Waals surface area contributed by atoms with Crippen molar-refractivity contribution in [1.29, 1.82) is 0 Å². The minimum absolute atomic E-state index is 0.339. The molecule has 64 valence electrons. The molecule has 0 amide bonds. The van der Waals surface area contributed by atoms with Gasteiger partial charge in [0.05, 0.1) is 0 Å². The molecule has 0 saturated carbocycles. The molecule has 0 bridgehead atoms. The van der Waals surface area contributed by atoms with Gasteiger partial charge in [0.2, 0.25) is 0 Å². The van der Waals surface area contributed by atoms with Gasteiger partial charge < -0.3 is 0 Å². The van der Waals surface area contributed by atoms with E-state index in [0.717, 1.165) is 28.2 Å². The van der Waals surface area contributed by atoms with Crippen molar-refractivity contribution in [3.05, 3.63) is 0 Å². The maximum absolute atomic E-state index is 12.7. The Hall–Kier alpha value is 0.140. The molecule has 0 saturated heterocycles.